The molecule has 4 nitrogen and oxygen atoms in total. The predicted molar refractivity (Wildman–Crippen MR) is 76.0 cm³/mol. The number of rotatable bonds is 3. The molecule has 6 heteroatoms. The lowest BCUT2D eigenvalue weighted by atomic mass is 9.87. The fraction of sp³-hybridized carbons (Fsp3) is 0.533. The zero-order valence-corrected chi connectivity index (χ0v) is 11.8. The molecule has 0 bridgehead atoms. The molecule has 2 heterocycles. The largest absolute Gasteiger partial charge is 0.322 e. The molecule has 0 aliphatic carbocycles. The minimum absolute atomic E-state index is 0.101. The SMILES string of the molecule is O=C(CN1CCC2(CCNC2)C1)Nc1cc(F)ccc1F. The zero-order chi connectivity index (χ0) is 14.9. The average Bonchev–Trinajstić information content (AvgIpc) is 3.05. The van der Waals surface area contributed by atoms with Crippen LogP contribution in [0.3, 0.4) is 0 Å². The van der Waals surface area contributed by atoms with Gasteiger partial charge in [-0.05, 0) is 43.5 Å². The minimum atomic E-state index is -0.623. The van der Waals surface area contributed by atoms with Crippen molar-refractivity contribution in [2.24, 2.45) is 5.41 Å². The fourth-order valence-electron chi connectivity index (χ4n) is 3.29. The summed E-state index contributed by atoms with van der Waals surface area (Å²) in [6, 6.07) is 3.04. The van der Waals surface area contributed by atoms with E-state index in [1.165, 1.54) is 0 Å². The summed E-state index contributed by atoms with van der Waals surface area (Å²) in [6.07, 6.45) is 2.23. The van der Waals surface area contributed by atoms with Gasteiger partial charge in [-0.3, -0.25) is 9.69 Å². The Morgan fingerprint density at radius 2 is 2.24 bits per heavy atom. The van der Waals surface area contributed by atoms with Crippen LogP contribution in [0.2, 0.25) is 0 Å². The number of nitrogens with zero attached hydrogens (tertiary/aromatic N) is 1. The molecular formula is C15H19F2N3O. The summed E-state index contributed by atoms with van der Waals surface area (Å²) in [5, 5.41) is 5.81. The number of anilines is 1. The summed E-state index contributed by atoms with van der Waals surface area (Å²) in [7, 11) is 0. The van der Waals surface area contributed by atoms with E-state index < -0.39 is 11.6 Å². The first kappa shape index (κ1) is 14.4. The van der Waals surface area contributed by atoms with Gasteiger partial charge in [0, 0.05) is 19.2 Å². The van der Waals surface area contributed by atoms with Crippen molar-refractivity contribution in [2.75, 3.05) is 38.0 Å². The van der Waals surface area contributed by atoms with Crippen LogP contribution in [0, 0.1) is 17.0 Å². The van der Waals surface area contributed by atoms with E-state index in [9.17, 15) is 13.6 Å². The predicted octanol–water partition coefficient (Wildman–Crippen LogP) is 1.59. The second kappa shape index (κ2) is 5.69. The quantitative estimate of drug-likeness (QED) is 0.890. The molecule has 0 radical (unpaired) electrons. The van der Waals surface area contributed by atoms with E-state index >= 15 is 0 Å². The zero-order valence-electron chi connectivity index (χ0n) is 11.8. The Hall–Kier alpha value is -1.53. The monoisotopic (exact) mass is 295 g/mol. The number of likely N-dealkylation sites (tertiary alicyclic amines) is 1. The Bertz CT molecular complexity index is 544. The highest BCUT2D eigenvalue weighted by molar-refractivity contribution is 5.92. The third kappa shape index (κ3) is 3.22. The standard InChI is InChI=1S/C15H19F2N3O/c16-11-1-2-12(17)13(7-11)19-14(21)8-20-6-4-15(10-20)3-5-18-9-15/h1-2,7,18H,3-6,8-10H2,(H,19,21). The first-order valence-corrected chi connectivity index (χ1v) is 7.24. The molecule has 2 N–H and O–H groups in total. The van der Waals surface area contributed by atoms with E-state index in [1.807, 2.05) is 0 Å². The van der Waals surface area contributed by atoms with Gasteiger partial charge in [0.05, 0.1) is 12.2 Å². The topological polar surface area (TPSA) is 44.4 Å². The molecule has 1 atom stereocenters. The van der Waals surface area contributed by atoms with Crippen molar-refractivity contribution in [1.29, 1.82) is 0 Å². The maximum absolute atomic E-state index is 13.5. The van der Waals surface area contributed by atoms with E-state index in [0.717, 1.165) is 57.2 Å². The highest BCUT2D eigenvalue weighted by Crippen LogP contribution is 2.35. The number of nitrogens with one attached hydrogen (secondary N) is 2. The number of halogens is 2. The molecule has 1 amide bonds. The first-order chi connectivity index (χ1) is 10.1. The van der Waals surface area contributed by atoms with Gasteiger partial charge in [0.1, 0.15) is 11.6 Å². The van der Waals surface area contributed by atoms with E-state index in [0.29, 0.717) is 5.41 Å². The third-order valence-corrected chi connectivity index (χ3v) is 4.42. The Morgan fingerprint density at radius 3 is 3.00 bits per heavy atom. The minimum Gasteiger partial charge on any atom is -0.322 e. The number of hydrogen-bond donors (Lipinski definition) is 2. The maximum atomic E-state index is 13.5. The molecule has 2 saturated heterocycles. The van der Waals surface area contributed by atoms with Crippen LogP contribution < -0.4 is 10.6 Å². The van der Waals surface area contributed by atoms with Crippen molar-refractivity contribution in [3.63, 3.8) is 0 Å². The number of carbonyl (C=O) groups is 1. The van der Waals surface area contributed by atoms with Crippen molar-refractivity contribution >= 4 is 11.6 Å². The van der Waals surface area contributed by atoms with E-state index in [2.05, 4.69) is 15.5 Å². The number of benzene rings is 1. The van der Waals surface area contributed by atoms with Crippen molar-refractivity contribution in [3.8, 4) is 0 Å². The summed E-state index contributed by atoms with van der Waals surface area (Å²) in [6.45, 7) is 4.02. The van der Waals surface area contributed by atoms with E-state index in [-0.39, 0.29) is 18.1 Å². The molecule has 2 aliphatic heterocycles. The van der Waals surface area contributed by atoms with Crippen LogP contribution in [0.4, 0.5) is 14.5 Å². The molecule has 0 saturated carbocycles. The summed E-state index contributed by atoms with van der Waals surface area (Å²) in [5.41, 5.74) is 0.196. The molecule has 3 rings (SSSR count). The van der Waals surface area contributed by atoms with Crippen LogP contribution in [-0.2, 0) is 4.79 Å². The highest BCUT2D eigenvalue weighted by Gasteiger charge is 2.40. The van der Waals surface area contributed by atoms with Gasteiger partial charge in [-0.25, -0.2) is 8.78 Å². The first-order valence-electron chi connectivity index (χ1n) is 7.24. The van der Waals surface area contributed by atoms with Gasteiger partial charge < -0.3 is 10.6 Å². The smallest absolute Gasteiger partial charge is 0.238 e. The third-order valence-electron chi connectivity index (χ3n) is 4.42. The maximum Gasteiger partial charge on any atom is 0.238 e. The van der Waals surface area contributed by atoms with Crippen molar-refractivity contribution < 1.29 is 13.6 Å². The summed E-state index contributed by atoms with van der Waals surface area (Å²) in [5.74, 6) is -1.49. The van der Waals surface area contributed by atoms with Gasteiger partial charge in [0.25, 0.3) is 0 Å². The Morgan fingerprint density at radius 1 is 1.38 bits per heavy atom. The normalized spacial score (nSPS) is 25.6. The second-order valence-electron chi connectivity index (χ2n) is 6.06. The lowest BCUT2D eigenvalue weighted by Gasteiger charge is -2.22. The number of amides is 1. The van der Waals surface area contributed by atoms with Crippen LogP contribution in [-0.4, -0.2) is 43.5 Å². The summed E-state index contributed by atoms with van der Waals surface area (Å²) in [4.78, 5) is 14.1. The molecule has 114 valence electrons. The highest BCUT2D eigenvalue weighted by atomic mass is 19.1. The molecule has 1 aromatic carbocycles. The van der Waals surface area contributed by atoms with Gasteiger partial charge in [-0.1, -0.05) is 0 Å². The number of carbonyl (C=O) groups excluding carboxylic acids is 1. The van der Waals surface area contributed by atoms with Crippen LogP contribution in [0.5, 0.6) is 0 Å². The summed E-state index contributed by atoms with van der Waals surface area (Å²) >= 11 is 0. The van der Waals surface area contributed by atoms with Crippen LogP contribution >= 0.6 is 0 Å². The average molecular weight is 295 g/mol. The second-order valence-corrected chi connectivity index (χ2v) is 6.06. The van der Waals surface area contributed by atoms with Gasteiger partial charge >= 0.3 is 0 Å². The van der Waals surface area contributed by atoms with Crippen LogP contribution in [0.25, 0.3) is 0 Å². The molecule has 2 aliphatic rings. The van der Waals surface area contributed by atoms with Crippen molar-refractivity contribution in [1.82, 2.24) is 10.2 Å². The molecule has 1 spiro atoms. The summed E-state index contributed by atoms with van der Waals surface area (Å²) < 4.78 is 26.5. The van der Waals surface area contributed by atoms with Crippen LogP contribution in [0.15, 0.2) is 18.2 Å². The molecule has 2 fully saturated rings. The molecular weight excluding hydrogens is 276 g/mol. The van der Waals surface area contributed by atoms with Gasteiger partial charge in [0.2, 0.25) is 5.91 Å². The Balaban J connectivity index is 1.56. The Labute approximate surface area is 122 Å². The van der Waals surface area contributed by atoms with E-state index in [4.69, 9.17) is 0 Å². The lowest BCUT2D eigenvalue weighted by Crippen LogP contribution is -2.34. The number of hydrogen-bond acceptors (Lipinski definition) is 3. The molecule has 0 aromatic heterocycles. The van der Waals surface area contributed by atoms with Gasteiger partial charge in [0.15, 0.2) is 0 Å². The molecule has 1 aromatic rings. The fourth-order valence-corrected chi connectivity index (χ4v) is 3.29. The van der Waals surface area contributed by atoms with E-state index in [1.54, 1.807) is 0 Å². The van der Waals surface area contributed by atoms with Crippen molar-refractivity contribution in [3.05, 3.63) is 29.8 Å². The lowest BCUT2D eigenvalue weighted by molar-refractivity contribution is -0.117. The van der Waals surface area contributed by atoms with Crippen LogP contribution in [0.1, 0.15) is 12.8 Å². The molecule has 21 heavy (non-hydrogen) atoms. The van der Waals surface area contributed by atoms with Crippen molar-refractivity contribution in [2.45, 2.75) is 12.8 Å². The van der Waals surface area contributed by atoms with Gasteiger partial charge in [-0.2, -0.15) is 0 Å². The molecule has 1 unspecified atom stereocenters. The Kier molecular flexibility index (Phi) is 3.91. The van der Waals surface area contributed by atoms with Gasteiger partial charge in [-0.15, -0.1) is 0 Å².